The Morgan fingerprint density at radius 3 is 2.31 bits per heavy atom. The van der Waals surface area contributed by atoms with Crippen molar-refractivity contribution in [2.75, 3.05) is 14.1 Å². The van der Waals surface area contributed by atoms with Crippen LogP contribution in [-0.2, 0) is 0 Å². The second-order valence-electron chi connectivity index (χ2n) is 4.33. The topological polar surface area (TPSA) is 27.0 Å². The number of hydrogen-bond donors (Lipinski definition) is 0. The van der Waals surface area contributed by atoms with E-state index in [1.165, 1.54) is 25.7 Å². The Kier molecular flexibility index (Phi) is 4.24. The lowest BCUT2D eigenvalue weighted by atomic mass is 9.83. The molecular formula is C11H20N2. The number of nitrogens with zero attached hydrogens (tertiary/aromatic N) is 2. The van der Waals surface area contributed by atoms with Gasteiger partial charge in [0.1, 0.15) is 0 Å². The van der Waals surface area contributed by atoms with Gasteiger partial charge in [-0.15, -0.1) is 0 Å². The van der Waals surface area contributed by atoms with E-state index in [2.05, 4.69) is 25.1 Å². The molecule has 0 saturated heterocycles. The normalized spacial score (nSPS) is 28.8. The first-order valence-corrected chi connectivity index (χ1v) is 5.27. The molecule has 1 aliphatic carbocycles. The van der Waals surface area contributed by atoms with Crippen LogP contribution in [0.5, 0.6) is 0 Å². The SMILES string of the molecule is CN(C)C1CCC(CCC#N)CC1. The molecule has 0 N–H and O–H groups in total. The van der Waals surface area contributed by atoms with E-state index in [9.17, 15) is 0 Å². The van der Waals surface area contributed by atoms with E-state index in [1.54, 1.807) is 0 Å². The summed E-state index contributed by atoms with van der Waals surface area (Å²) in [6.45, 7) is 0. The van der Waals surface area contributed by atoms with Gasteiger partial charge in [0.25, 0.3) is 0 Å². The van der Waals surface area contributed by atoms with Gasteiger partial charge < -0.3 is 4.90 Å². The van der Waals surface area contributed by atoms with E-state index < -0.39 is 0 Å². The van der Waals surface area contributed by atoms with Crippen LogP contribution in [-0.4, -0.2) is 25.0 Å². The van der Waals surface area contributed by atoms with Crippen LogP contribution in [0.25, 0.3) is 0 Å². The molecule has 0 atom stereocenters. The smallest absolute Gasteiger partial charge is 0.0621 e. The molecule has 1 rings (SSSR count). The van der Waals surface area contributed by atoms with Crippen molar-refractivity contribution < 1.29 is 0 Å². The van der Waals surface area contributed by atoms with Gasteiger partial charge in [0, 0.05) is 12.5 Å². The quantitative estimate of drug-likeness (QED) is 0.667. The highest BCUT2D eigenvalue weighted by Crippen LogP contribution is 2.29. The molecule has 0 aliphatic heterocycles. The molecule has 0 aromatic carbocycles. The highest BCUT2D eigenvalue weighted by molar-refractivity contribution is 4.79. The zero-order valence-electron chi connectivity index (χ0n) is 8.79. The van der Waals surface area contributed by atoms with Crippen LogP contribution in [0.4, 0.5) is 0 Å². The van der Waals surface area contributed by atoms with Gasteiger partial charge in [-0.1, -0.05) is 0 Å². The lowest BCUT2D eigenvalue weighted by molar-refractivity contribution is 0.189. The van der Waals surface area contributed by atoms with E-state index in [4.69, 9.17) is 5.26 Å². The molecule has 0 aromatic heterocycles. The van der Waals surface area contributed by atoms with Crippen molar-refractivity contribution in [3.8, 4) is 6.07 Å². The molecule has 0 unspecified atom stereocenters. The molecule has 0 aromatic rings. The Bertz CT molecular complexity index is 173. The summed E-state index contributed by atoms with van der Waals surface area (Å²) in [4.78, 5) is 2.33. The summed E-state index contributed by atoms with van der Waals surface area (Å²) in [5.41, 5.74) is 0. The Morgan fingerprint density at radius 2 is 1.85 bits per heavy atom. The van der Waals surface area contributed by atoms with Crippen molar-refractivity contribution in [3.63, 3.8) is 0 Å². The molecule has 0 bridgehead atoms. The molecular weight excluding hydrogens is 160 g/mol. The maximum absolute atomic E-state index is 8.48. The van der Waals surface area contributed by atoms with Crippen LogP contribution in [0, 0.1) is 17.2 Å². The fraction of sp³-hybridized carbons (Fsp3) is 0.909. The molecule has 0 spiro atoms. The first-order valence-electron chi connectivity index (χ1n) is 5.27. The van der Waals surface area contributed by atoms with Crippen molar-refractivity contribution >= 4 is 0 Å². The molecule has 0 heterocycles. The van der Waals surface area contributed by atoms with Gasteiger partial charge in [-0.2, -0.15) is 5.26 Å². The summed E-state index contributed by atoms with van der Waals surface area (Å²) in [6, 6.07) is 3.03. The minimum atomic E-state index is 0.747. The summed E-state index contributed by atoms with van der Waals surface area (Å²) >= 11 is 0. The first kappa shape index (κ1) is 10.5. The summed E-state index contributed by atoms with van der Waals surface area (Å²) in [5, 5.41) is 8.48. The number of rotatable bonds is 3. The molecule has 1 aliphatic rings. The third-order valence-electron chi connectivity index (χ3n) is 3.21. The number of nitriles is 1. The van der Waals surface area contributed by atoms with Crippen LogP contribution in [0.1, 0.15) is 38.5 Å². The zero-order chi connectivity index (χ0) is 9.68. The average molecular weight is 180 g/mol. The predicted molar refractivity (Wildman–Crippen MR) is 54.3 cm³/mol. The fourth-order valence-electron chi connectivity index (χ4n) is 2.22. The van der Waals surface area contributed by atoms with Gasteiger partial charge in [0.15, 0.2) is 0 Å². The lowest BCUT2D eigenvalue weighted by Crippen LogP contribution is -2.32. The van der Waals surface area contributed by atoms with Gasteiger partial charge in [0.05, 0.1) is 6.07 Å². The van der Waals surface area contributed by atoms with E-state index in [0.717, 1.165) is 24.8 Å². The zero-order valence-corrected chi connectivity index (χ0v) is 8.79. The second kappa shape index (κ2) is 5.24. The van der Waals surface area contributed by atoms with Gasteiger partial charge in [-0.25, -0.2) is 0 Å². The molecule has 74 valence electrons. The van der Waals surface area contributed by atoms with E-state index in [0.29, 0.717) is 0 Å². The van der Waals surface area contributed by atoms with Crippen molar-refractivity contribution in [1.82, 2.24) is 4.90 Å². The Morgan fingerprint density at radius 1 is 1.23 bits per heavy atom. The maximum atomic E-state index is 8.48. The van der Waals surface area contributed by atoms with Crippen LogP contribution in [0.2, 0.25) is 0 Å². The van der Waals surface area contributed by atoms with Crippen molar-refractivity contribution in [2.24, 2.45) is 5.92 Å². The third-order valence-corrected chi connectivity index (χ3v) is 3.21. The van der Waals surface area contributed by atoms with Crippen molar-refractivity contribution in [1.29, 1.82) is 5.26 Å². The van der Waals surface area contributed by atoms with Crippen LogP contribution in [0.15, 0.2) is 0 Å². The molecule has 1 fully saturated rings. The van der Waals surface area contributed by atoms with E-state index >= 15 is 0 Å². The van der Waals surface area contributed by atoms with Gasteiger partial charge >= 0.3 is 0 Å². The van der Waals surface area contributed by atoms with E-state index in [-0.39, 0.29) is 0 Å². The monoisotopic (exact) mass is 180 g/mol. The van der Waals surface area contributed by atoms with Crippen molar-refractivity contribution in [3.05, 3.63) is 0 Å². The molecule has 0 amide bonds. The summed E-state index contributed by atoms with van der Waals surface area (Å²) in [7, 11) is 4.33. The Balaban J connectivity index is 2.19. The largest absolute Gasteiger partial charge is 0.306 e. The van der Waals surface area contributed by atoms with Crippen LogP contribution >= 0.6 is 0 Å². The summed E-state index contributed by atoms with van der Waals surface area (Å²) in [5.74, 6) is 0.829. The highest BCUT2D eigenvalue weighted by atomic mass is 15.1. The lowest BCUT2D eigenvalue weighted by Gasteiger charge is -2.32. The average Bonchev–Trinajstić information content (AvgIpc) is 2.15. The molecule has 2 heteroatoms. The Hall–Kier alpha value is -0.550. The Labute approximate surface area is 81.5 Å². The third kappa shape index (κ3) is 3.36. The molecule has 1 saturated carbocycles. The summed E-state index contributed by atoms with van der Waals surface area (Å²) < 4.78 is 0. The fourth-order valence-corrected chi connectivity index (χ4v) is 2.22. The minimum Gasteiger partial charge on any atom is -0.306 e. The van der Waals surface area contributed by atoms with Gasteiger partial charge in [-0.05, 0) is 52.1 Å². The maximum Gasteiger partial charge on any atom is 0.0621 e. The minimum absolute atomic E-state index is 0.747. The number of hydrogen-bond acceptors (Lipinski definition) is 2. The van der Waals surface area contributed by atoms with Crippen molar-refractivity contribution in [2.45, 2.75) is 44.6 Å². The van der Waals surface area contributed by atoms with E-state index in [1.807, 2.05) is 0 Å². The standard InChI is InChI=1S/C11H20N2/c1-13(2)11-7-5-10(6-8-11)4-3-9-12/h10-11H,3-8H2,1-2H3. The van der Waals surface area contributed by atoms with Gasteiger partial charge in [-0.3, -0.25) is 0 Å². The molecule has 0 radical (unpaired) electrons. The first-order chi connectivity index (χ1) is 6.24. The van der Waals surface area contributed by atoms with Crippen LogP contribution < -0.4 is 0 Å². The second-order valence-corrected chi connectivity index (χ2v) is 4.33. The highest BCUT2D eigenvalue weighted by Gasteiger charge is 2.21. The molecule has 13 heavy (non-hydrogen) atoms. The molecule has 2 nitrogen and oxygen atoms in total. The van der Waals surface area contributed by atoms with Crippen LogP contribution in [0.3, 0.4) is 0 Å². The van der Waals surface area contributed by atoms with Gasteiger partial charge in [0.2, 0.25) is 0 Å². The summed E-state index contributed by atoms with van der Waals surface area (Å²) in [6.07, 6.45) is 7.16. The predicted octanol–water partition coefficient (Wildman–Crippen LogP) is 2.41.